The van der Waals surface area contributed by atoms with E-state index in [1.807, 2.05) is 12.4 Å². The Labute approximate surface area is 286 Å². The fraction of sp³-hybridized carbons (Fsp3) is 0.568. The van der Waals surface area contributed by atoms with Crippen molar-refractivity contribution < 1.29 is 46.8 Å². The molecule has 257 valence electrons. The first kappa shape index (κ1) is 42.8. The summed E-state index contributed by atoms with van der Waals surface area (Å²) in [5, 5.41) is 39.6. The summed E-state index contributed by atoms with van der Waals surface area (Å²) in [7, 11) is 0. The molecule has 1 fully saturated rings. The molecule has 1 aliphatic carbocycles. The molecule has 0 amide bonds. The van der Waals surface area contributed by atoms with Gasteiger partial charge in [0, 0.05) is 35.5 Å². The second-order valence-corrected chi connectivity index (χ2v) is 12.7. The number of phenolic OH excluding ortho intramolecular Hbond substituents is 2. The molecule has 2 N–H and O–H groups in total. The molecule has 0 bridgehead atoms. The Morgan fingerprint density at radius 1 is 0.739 bits per heavy atom. The molecule has 4 unspecified atom stereocenters. The van der Waals surface area contributed by atoms with Crippen LogP contribution in [0.4, 0.5) is 0 Å². The van der Waals surface area contributed by atoms with Gasteiger partial charge in [-0.2, -0.15) is 0 Å². The number of carboxylic acids is 2. The van der Waals surface area contributed by atoms with E-state index in [2.05, 4.69) is 79.7 Å². The van der Waals surface area contributed by atoms with E-state index in [9.17, 15) is 10.2 Å². The van der Waals surface area contributed by atoms with Gasteiger partial charge in [-0.3, -0.25) is 9.98 Å². The zero-order chi connectivity index (χ0) is 34.4. The number of hydrogen-bond acceptors (Lipinski definition) is 8. The summed E-state index contributed by atoms with van der Waals surface area (Å²) in [5.74, 6) is -0.0450. The first-order valence-corrected chi connectivity index (χ1v) is 16.2. The maximum absolute atomic E-state index is 10.9. The molecule has 1 aliphatic rings. The Kier molecular flexibility index (Phi) is 19.4. The van der Waals surface area contributed by atoms with E-state index in [-0.39, 0.29) is 40.7 Å². The number of nitrogens with zero attached hydrogens (tertiary/aromatic N) is 2. The average molecular weight is 682 g/mol. The third-order valence-electron chi connectivity index (χ3n) is 8.22. The second kappa shape index (κ2) is 20.8. The van der Waals surface area contributed by atoms with Crippen LogP contribution in [0.2, 0.25) is 0 Å². The minimum Gasteiger partial charge on any atom is -0.550 e. The molecule has 3 rings (SSSR count). The van der Waals surface area contributed by atoms with Crippen LogP contribution in [-0.2, 0) is 26.4 Å². The Bertz CT molecular complexity index is 1210. The predicted molar refractivity (Wildman–Crippen MR) is 180 cm³/mol. The monoisotopic (exact) mass is 681 g/mol. The van der Waals surface area contributed by atoms with Crippen LogP contribution in [0.1, 0.15) is 158 Å². The third kappa shape index (κ3) is 14.1. The average Bonchev–Trinajstić information content (AvgIpc) is 3.42. The van der Waals surface area contributed by atoms with Gasteiger partial charge in [0.1, 0.15) is 11.5 Å². The summed E-state index contributed by atoms with van der Waals surface area (Å²) in [6.45, 7) is 19.3. The van der Waals surface area contributed by atoms with Gasteiger partial charge < -0.3 is 30.0 Å². The van der Waals surface area contributed by atoms with Crippen molar-refractivity contribution in [3.05, 3.63) is 57.6 Å². The minimum atomic E-state index is -1.08. The number of hydrogen-bond donors (Lipinski definition) is 2. The van der Waals surface area contributed by atoms with Crippen LogP contribution in [0.25, 0.3) is 0 Å². The van der Waals surface area contributed by atoms with Gasteiger partial charge in [0.05, 0.1) is 12.1 Å². The molecule has 9 heteroatoms. The number of aliphatic imine (C=N–C) groups is 2. The van der Waals surface area contributed by atoms with Gasteiger partial charge in [-0.05, 0) is 104 Å². The standard InChI is InChI=1S/C33H48N2O2.2C2H4O2.Co/c1-9-22(7)24-13-26(32(36)30(15-24)20(3)4)18-34-28-11-12-29(17-28)35-19-27-14-25(23(8)10-2)16-31(21(5)6)33(27)37;2*1-2(3)4;/h13-16,18-23,28-29,36-37H,9-12,17H2,1-8H3;2*1H3,(H,3,4);/q;;;+2/p-2. The van der Waals surface area contributed by atoms with Crippen molar-refractivity contribution in [3.63, 3.8) is 0 Å². The van der Waals surface area contributed by atoms with Crippen molar-refractivity contribution in [1.29, 1.82) is 0 Å². The summed E-state index contributed by atoms with van der Waals surface area (Å²) in [6, 6.07) is 8.90. The number of carbonyl (C=O) groups excluding carboxylic acids is 2. The Balaban J connectivity index is 0.00000201. The number of rotatable bonds is 10. The normalized spacial score (nSPS) is 17.2. The van der Waals surface area contributed by atoms with E-state index in [0.29, 0.717) is 23.3 Å². The molecule has 8 nitrogen and oxygen atoms in total. The smallest absolute Gasteiger partial charge is 0.550 e. The molecule has 46 heavy (non-hydrogen) atoms. The predicted octanol–water partition coefficient (Wildman–Crippen LogP) is 6.34. The van der Waals surface area contributed by atoms with Crippen LogP contribution in [-0.4, -0.2) is 46.7 Å². The van der Waals surface area contributed by atoms with E-state index >= 15 is 0 Å². The summed E-state index contributed by atoms with van der Waals surface area (Å²) >= 11 is 0. The molecule has 1 radical (unpaired) electrons. The molecule has 1 saturated carbocycles. The molecule has 4 atom stereocenters. The van der Waals surface area contributed by atoms with E-state index in [4.69, 9.17) is 29.8 Å². The van der Waals surface area contributed by atoms with Crippen LogP contribution >= 0.6 is 0 Å². The Hall–Kier alpha value is -3.17. The van der Waals surface area contributed by atoms with Crippen LogP contribution in [0.3, 0.4) is 0 Å². The van der Waals surface area contributed by atoms with Gasteiger partial charge in [-0.15, -0.1) is 0 Å². The minimum absolute atomic E-state index is 0. The molecule has 2 aromatic carbocycles. The maximum atomic E-state index is 10.9. The number of phenols is 2. The van der Waals surface area contributed by atoms with E-state index in [1.54, 1.807) is 0 Å². The van der Waals surface area contributed by atoms with Crippen molar-refractivity contribution in [3.8, 4) is 11.5 Å². The fourth-order valence-electron chi connectivity index (χ4n) is 5.10. The van der Waals surface area contributed by atoms with Gasteiger partial charge in [0.15, 0.2) is 0 Å². The first-order valence-electron chi connectivity index (χ1n) is 16.2. The van der Waals surface area contributed by atoms with Crippen molar-refractivity contribution in [2.24, 2.45) is 9.98 Å². The zero-order valence-corrected chi connectivity index (χ0v) is 30.3. The van der Waals surface area contributed by atoms with E-state index < -0.39 is 11.9 Å². The third-order valence-corrected chi connectivity index (χ3v) is 8.22. The van der Waals surface area contributed by atoms with Crippen LogP contribution < -0.4 is 10.2 Å². The van der Waals surface area contributed by atoms with Crippen molar-refractivity contribution in [2.75, 3.05) is 0 Å². The fourth-order valence-corrected chi connectivity index (χ4v) is 5.10. The van der Waals surface area contributed by atoms with Crippen molar-refractivity contribution in [2.45, 2.75) is 137 Å². The number of aromatic hydroxyl groups is 2. The summed E-state index contributed by atoms with van der Waals surface area (Å²) in [5.41, 5.74) is 6.16. The van der Waals surface area contributed by atoms with Gasteiger partial charge in [-0.1, -0.05) is 67.5 Å². The Morgan fingerprint density at radius 3 is 1.30 bits per heavy atom. The van der Waals surface area contributed by atoms with E-state index in [0.717, 1.165) is 68.2 Å². The van der Waals surface area contributed by atoms with E-state index in [1.165, 1.54) is 11.1 Å². The van der Waals surface area contributed by atoms with Crippen molar-refractivity contribution >= 4 is 24.4 Å². The summed E-state index contributed by atoms with van der Waals surface area (Å²) in [6.07, 6.45) is 8.74. The largest absolute Gasteiger partial charge is 2.00 e. The van der Waals surface area contributed by atoms with Gasteiger partial charge in [0.25, 0.3) is 0 Å². The molecular weight excluding hydrogens is 627 g/mol. The molecular formula is C37H54CoN2O6. The van der Waals surface area contributed by atoms with Gasteiger partial charge in [-0.25, -0.2) is 0 Å². The van der Waals surface area contributed by atoms with Crippen LogP contribution in [0.5, 0.6) is 11.5 Å². The molecule has 0 heterocycles. The van der Waals surface area contributed by atoms with Crippen molar-refractivity contribution in [1.82, 2.24) is 0 Å². The molecule has 0 aliphatic heterocycles. The Morgan fingerprint density at radius 2 is 1.04 bits per heavy atom. The van der Waals surface area contributed by atoms with Crippen LogP contribution in [0.15, 0.2) is 34.3 Å². The summed E-state index contributed by atoms with van der Waals surface area (Å²) in [4.78, 5) is 27.5. The van der Waals surface area contributed by atoms with Gasteiger partial charge >= 0.3 is 16.8 Å². The quantitative estimate of drug-likeness (QED) is 0.280. The SMILES string of the molecule is CC(=O)[O-].CC(=O)[O-].CCC(C)c1cc(C=NC2CCC(N=Cc3cc(C(C)CC)cc(C(C)C)c3O)C2)c(O)c(C(C)C)c1.[Co+2]. The number of benzene rings is 2. The second-order valence-electron chi connectivity index (χ2n) is 12.7. The molecule has 0 saturated heterocycles. The molecule has 0 aromatic heterocycles. The topological polar surface area (TPSA) is 145 Å². The molecule has 2 aromatic rings. The number of carbonyl (C=O) groups is 2. The van der Waals surface area contributed by atoms with Gasteiger partial charge in [0.2, 0.25) is 0 Å². The summed E-state index contributed by atoms with van der Waals surface area (Å²) < 4.78 is 0. The number of carboxylic acid groups (broad SMARTS) is 2. The zero-order valence-electron chi connectivity index (χ0n) is 29.2. The molecule has 0 spiro atoms. The van der Waals surface area contributed by atoms with Crippen LogP contribution in [0, 0.1) is 0 Å². The number of aliphatic carboxylic acids is 2. The maximum Gasteiger partial charge on any atom is 2.00 e. The first-order chi connectivity index (χ1) is 21.0.